The second-order valence-electron chi connectivity index (χ2n) is 7.65. The molecule has 4 rings (SSSR count). The highest BCUT2D eigenvalue weighted by atomic mass is 32.2. The van der Waals surface area contributed by atoms with Gasteiger partial charge in [0.05, 0.1) is 18.4 Å². The zero-order valence-corrected chi connectivity index (χ0v) is 19.9. The van der Waals surface area contributed by atoms with E-state index in [0.29, 0.717) is 15.7 Å². The Morgan fingerprint density at radius 3 is 2.62 bits per heavy atom. The molecular formula is C23H26N4O3S2. The number of thiophene rings is 1. The van der Waals surface area contributed by atoms with Crippen LogP contribution in [-0.2, 0) is 22.4 Å². The normalized spacial score (nSPS) is 13.7. The predicted molar refractivity (Wildman–Crippen MR) is 127 cm³/mol. The molecule has 3 aromatic rings. The Labute approximate surface area is 195 Å². The zero-order chi connectivity index (χ0) is 22.5. The van der Waals surface area contributed by atoms with Gasteiger partial charge >= 0.3 is 5.97 Å². The highest BCUT2D eigenvalue weighted by molar-refractivity contribution is 7.99. The van der Waals surface area contributed by atoms with Gasteiger partial charge in [-0.25, -0.2) is 4.79 Å². The second-order valence-corrected chi connectivity index (χ2v) is 9.70. The monoisotopic (exact) mass is 470 g/mol. The minimum Gasteiger partial charge on any atom is -0.465 e. The van der Waals surface area contributed by atoms with Gasteiger partial charge in [-0.05, 0) is 50.3 Å². The molecule has 0 atom stereocenters. The topological polar surface area (TPSA) is 86.1 Å². The average molecular weight is 471 g/mol. The van der Waals surface area contributed by atoms with Crippen LogP contribution in [0.3, 0.4) is 0 Å². The molecule has 0 fully saturated rings. The number of nitrogens with zero attached hydrogens (tertiary/aromatic N) is 3. The van der Waals surface area contributed by atoms with Gasteiger partial charge < -0.3 is 10.1 Å². The number of hydrogen-bond acceptors (Lipinski definition) is 7. The molecule has 0 spiro atoms. The maximum absolute atomic E-state index is 12.8. The van der Waals surface area contributed by atoms with Gasteiger partial charge in [-0.2, -0.15) is 0 Å². The minimum atomic E-state index is -0.384. The highest BCUT2D eigenvalue weighted by Gasteiger charge is 2.26. The van der Waals surface area contributed by atoms with E-state index in [2.05, 4.69) is 15.5 Å². The number of esters is 1. The molecule has 1 N–H and O–H groups in total. The smallest absolute Gasteiger partial charge is 0.341 e. The van der Waals surface area contributed by atoms with Crippen LogP contribution in [-0.4, -0.2) is 39.5 Å². The molecule has 0 saturated carbocycles. The van der Waals surface area contributed by atoms with Crippen LogP contribution in [0.25, 0.3) is 5.69 Å². The van der Waals surface area contributed by atoms with Crippen LogP contribution in [0.15, 0.2) is 35.5 Å². The summed E-state index contributed by atoms with van der Waals surface area (Å²) in [6, 6.07) is 9.81. The maximum atomic E-state index is 12.8. The van der Waals surface area contributed by atoms with Crippen molar-refractivity contribution in [2.24, 2.45) is 0 Å². The number of hydrogen-bond donors (Lipinski definition) is 1. The number of amides is 1. The Morgan fingerprint density at radius 1 is 1.12 bits per heavy atom. The Bertz CT molecular complexity index is 1110. The molecule has 2 heterocycles. The molecule has 0 aliphatic heterocycles. The summed E-state index contributed by atoms with van der Waals surface area (Å²) in [6.45, 7) is 1.88. The molecule has 0 unspecified atom stereocenters. The molecule has 0 saturated heterocycles. The summed E-state index contributed by atoms with van der Waals surface area (Å²) in [6.07, 6.45) is 6.30. The van der Waals surface area contributed by atoms with Crippen molar-refractivity contribution in [2.75, 3.05) is 18.2 Å². The van der Waals surface area contributed by atoms with E-state index in [0.717, 1.165) is 49.2 Å². The molecule has 9 heteroatoms. The van der Waals surface area contributed by atoms with E-state index in [1.807, 2.05) is 41.8 Å². The minimum absolute atomic E-state index is 0.161. The summed E-state index contributed by atoms with van der Waals surface area (Å²) < 4.78 is 6.97. The highest BCUT2D eigenvalue weighted by Crippen LogP contribution is 2.37. The van der Waals surface area contributed by atoms with E-state index in [1.165, 1.54) is 41.5 Å². The van der Waals surface area contributed by atoms with Gasteiger partial charge in [-0.1, -0.05) is 42.8 Å². The van der Waals surface area contributed by atoms with Gasteiger partial charge in [0, 0.05) is 10.6 Å². The van der Waals surface area contributed by atoms with E-state index < -0.39 is 0 Å². The number of para-hydroxylation sites is 1. The van der Waals surface area contributed by atoms with Crippen LogP contribution in [0.5, 0.6) is 0 Å². The third-order valence-corrected chi connectivity index (χ3v) is 7.59. The summed E-state index contributed by atoms with van der Waals surface area (Å²) in [4.78, 5) is 26.5. The van der Waals surface area contributed by atoms with Crippen LogP contribution < -0.4 is 5.32 Å². The molecule has 1 aliphatic carbocycles. The van der Waals surface area contributed by atoms with Gasteiger partial charge in [-0.3, -0.25) is 9.36 Å². The lowest BCUT2D eigenvalue weighted by atomic mass is 9.96. The Morgan fingerprint density at radius 2 is 1.88 bits per heavy atom. The molecule has 32 heavy (non-hydrogen) atoms. The van der Waals surface area contributed by atoms with Crippen molar-refractivity contribution in [1.29, 1.82) is 0 Å². The number of carbonyl (C=O) groups excluding carboxylic acids is 2. The lowest BCUT2D eigenvalue weighted by Gasteiger charge is -2.11. The largest absolute Gasteiger partial charge is 0.465 e. The molecule has 168 valence electrons. The first-order valence-corrected chi connectivity index (χ1v) is 12.5. The summed E-state index contributed by atoms with van der Waals surface area (Å²) in [5.74, 6) is 0.346. The molecule has 1 aliphatic rings. The second kappa shape index (κ2) is 10.3. The summed E-state index contributed by atoms with van der Waals surface area (Å²) >= 11 is 2.82. The molecule has 1 amide bonds. The quantitative estimate of drug-likeness (QED) is 0.411. The fraction of sp³-hybridized carbons (Fsp3) is 0.391. The van der Waals surface area contributed by atoms with Crippen molar-refractivity contribution >= 4 is 40.0 Å². The first-order valence-electron chi connectivity index (χ1n) is 10.7. The molecule has 2 aromatic heterocycles. The predicted octanol–water partition coefficient (Wildman–Crippen LogP) is 4.81. The van der Waals surface area contributed by atoms with E-state index in [-0.39, 0.29) is 17.6 Å². The lowest BCUT2D eigenvalue weighted by Crippen LogP contribution is -2.16. The number of benzene rings is 1. The average Bonchev–Trinajstić information content (AvgIpc) is 3.31. The first kappa shape index (κ1) is 22.5. The number of aromatic nitrogens is 3. The molecular weight excluding hydrogens is 444 g/mol. The maximum Gasteiger partial charge on any atom is 0.341 e. The summed E-state index contributed by atoms with van der Waals surface area (Å²) in [5.41, 5.74) is 2.52. The van der Waals surface area contributed by atoms with Gasteiger partial charge in [0.25, 0.3) is 0 Å². The SMILES string of the molecule is COC(=O)c1c(NC(=O)CSc2nnc(C)n2-c2ccccc2)sc2c1CCCCCC2. The molecule has 0 radical (unpaired) electrons. The van der Waals surface area contributed by atoms with Crippen molar-refractivity contribution in [3.63, 3.8) is 0 Å². The Hall–Kier alpha value is -2.65. The van der Waals surface area contributed by atoms with Gasteiger partial charge in [0.2, 0.25) is 5.91 Å². The molecule has 0 bridgehead atoms. The summed E-state index contributed by atoms with van der Waals surface area (Å²) in [5, 5.41) is 12.6. The van der Waals surface area contributed by atoms with Crippen molar-refractivity contribution in [3.05, 3.63) is 52.2 Å². The number of rotatable bonds is 6. The number of methoxy groups -OCH3 is 1. The van der Waals surface area contributed by atoms with Crippen LogP contribution in [0.2, 0.25) is 0 Å². The third-order valence-electron chi connectivity index (χ3n) is 5.46. The zero-order valence-electron chi connectivity index (χ0n) is 18.2. The van der Waals surface area contributed by atoms with Gasteiger partial charge in [-0.15, -0.1) is 21.5 Å². The number of nitrogens with one attached hydrogen (secondary N) is 1. The van der Waals surface area contributed by atoms with Crippen molar-refractivity contribution < 1.29 is 14.3 Å². The van der Waals surface area contributed by atoms with Gasteiger partial charge in [0.1, 0.15) is 10.8 Å². The van der Waals surface area contributed by atoms with E-state index in [9.17, 15) is 9.59 Å². The van der Waals surface area contributed by atoms with E-state index in [1.54, 1.807) is 0 Å². The Balaban J connectivity index is 1.51. The number of anilines is 1. The number of carbonyl (C=O) groups is 2. The van der Waals surface area contributed by atoms with Crippen LogP contribution in [0.4, 0.5) is 5.00 Å². The third kappa shape index (κ3) is 4.88. The van der Waals surface area contributed by atoms with Crippen LogP contribution >= 0.6 is 23.1 Å². The lowest BCUT2D eigenvalue weighted by molar-refractivity contribution is -0.113. The van der Waals surface area contributed by atoms with Crippen LogP contribution in [0.1, 0.15) is 52.3 Å². The van der Waals surface area contributed by atoms with Crippen molar-refractivity contribution in [3.8, 4) is 5.69 Å². The number of ether oxygens (including phenoxy) is 1. The van der Waals surface area contributed by atoms with Crippen molar-refractivity contribution in [2.45, 2.75) is 50.6 Å². The van der Waals surface area contributed by atoms with Gasteiger partial charge in [0.15, 0.2) is 5.16 Å². The first-order chi connectivity index (χ1) is 15.6. The number of aryl methyl sites for hydroxylation is 2. The molecule has 1 aromatic carbocycles. The Kier molecular flexibility index (Phi) is 7.26. The fourth-order valence-electron chi connectivity index (χ4n) is 3.93. The number of thioether (sulfide) groups is 1. The van der Waals surface area contributed by atoms with Crippen molar-refractivity contribution in [1.82, 2.24) is 14.8 Å². The summed E-state index contributed by atoms with van der Waals surface area (Å²) in [7, 11) is 1.38. The van der Waals surface area contributed by atoms with E-state index in [4.69, 9.17) is 4.74 Å². The number of fused-ring (bicyclic) bond motifs is 1. The fourth-order valence-corrected chi connectivity index (χ4v) is 6.02. The standard InChI is InChI=1S/C23H26N4O3S2/c1-15-25-26-23(27(15)16-10-6-5-7-11-16)31-14-19(28)24-21-20(22(29)30-2)17-12-8-3-4-9-13-18(17)32-21/h5-7,10-11H,3-4,8-9,12-14H2,1-2H3,(H,24,28). The van der Waals surface area contributed by atoms with Crippen LogP contribution in [0, 0.1) is 6.92 Å². The van der Waals surface area contributed by atoms with E-state index >= 15 is 0 Å². The molecule has 7 nitrogen and oxygen atoms in total.